The number of nitrogens with one attached hydrogen (secondary N) is 1. The van der Waals surface area contributed by atoms with Crippen molar-refractivity contribution >= 4 is 29.4 Å². The van der Waals surface area contributed by atoms with Crippen LogP contribution in [0.2, 0.25) is 0 Å². The van der Waals surface area contributed by atoms with Gasteiger partial charge in [0.15, 0.2) is 0 Å². The maximum absolute atomic E-state index is 13.6. The Bertz CT molecular complexity index is 461. The first kappa shape index (κ1) is 16.3. The van der Waals surface area contributed by atoms with Gasteiger partial charge < -0.3 is 9.84 Å². The van der Waals surface area contributed by atoms with E-state index in [9.17, 15) is 14.3 Å². The van der Waals surface area contributed by atoms with Gasteiger partial charge in [-0.2, -0.15) is 0 Å². The monoisotopic (exact) mass is 307 g/mol. The molecule has 1 heterocycles. The molecule has 1 rings (SSSR count). The smallest absolute Gasteiger partial charge is 0.418 e. The van der Waals surface area contributed by atoms with Gasteiger partial charge in [-0.15, -0.1) is 11.3 Å². The van der Waals surface area contributed by atoms with Crippen molar-refractivity contribution in [3.05, 3.63) is 16.8 Å². The van der Waals surface area contributed by atoms with Crippen molar-refractivity contribution in [2.24, 2.45) is 0 Å². The third kappa shape index (κ3) is 5.38. The molecule has 7 heteroatoms. The molecule has 0 bridgehead atoms. The second-order valence-corrected chi connectivity index (χ2v) is 7.64. The van der Waals surface area contributed by atoms with E-state index >= 15 is 0 Å². The normalized spacial score (nSPS) is 12.4. The molecule has 0 saturated heterocycles. The van der Waals surface area contributed by atoms with Gasteiger partial charge in [0.2, 0.25) is 0 Å². The largest absolute Gasteiger partial charge is 0.443 e. The van der Waals surface area contributed by atoms with E-state index < -0.39 is 23.1 Å². The number of amides is 1. The van der Waals surface area contributed by atoms with Gasteiger partial charge in [0.25, 0.3) is 0 Å². The average Bonchev–Trinajstić information content (AvgIpc) is 2.53. The quantitative estimate of drug-likeness (QED) is 0.837. The summed E-state index contributed by atoms with van der Waals surface area (Å²) in [7, 11) is 0. The van der Waals surface area contributed by atoms with Crippen LogP contribution in [0.4, 0.5) is 9.18 Å². The number of thiophene rings is 1. The lowest BCUT2D eigenvalue weighted by atomic mass is 10.1. The van der Waals surface area contributed by atoms with Crippen LogP contribution >= 0.6 is 23.3 Å². The Morgan fingerprint density at radius 2 is 2.00 bits per heavy atom. The number of ether oxygens (including phenoxy) is 1. The third-order valence-electron chi connectivity index (χ3n) is 1.88. The van der Waals surface area contributed by atoms with E-state index in [1.807, 2.05) is 0 Å². The molecule has 0 fully saturated rings. The molecular weight excluding hydrogens is 289 g/mol. The lowest BCUT2D eigenvalue weighted by Gasteiger charge is -2.19. The summed E-state index contributed by atoms with van der Waals surface area (Å²) in [5.41, 5.74) is -1.70. The standard InChI is InChI=1S/C12H18FNO3S2/c1-11(2,3)17-10(15)14-19-9-7(13)6-8(18-9)12(4,5)16/h6,16H,1-5H3,(H,14,15). The molecule has 0 unspecified atom stereocenters. The van der Waals surface area contributed by atoms with Crippen LogP contribution in [-0.4, -0.2) is 16.8 Å². The molecule has 0 aliphatic carbocycles. The highest BCUT2D eigenvalue weighted by Crippen LogP contribution is 2.35. The molecule has 0 aliphatic heterocycles. The van der Waals surface area contributed by atoms with E-state index in [0.717, 1.165) is 23.3 Å². The minimum atomic E-state index is -1.10. The van der Waals surface area contributed by atoms with E-state index in [1.54, 1.807) is 34.6 Å². The molecule has 0 radical (unpaired) electrons. The molecule has 2 N–H and O–H groups in total. The van der Waals surface area contributed by atoms with Crippen LogP contribution < -0.4 is 4.72 Å². The fraction of sp³-hybridized carbons (Fsp3) is 0.583. The Labute approximate surface area is 120 Å². The number of aliphatic hydroxyl groups is 1. The molecule has 1 amide bonds. The summed E-state index contributed by atoms with van der Waals surface area (Å²) in [5, 5.41) is 9.78. The molecule has 19 heavy (non-hydrogen) atoms. The van der Waals surface area contributed by atoms with Crippen LogP contribution in [0.3, 0.4) is 0 Å². The van der Waals surface area contributed by atoms with Crippen molar-refractivity contribution in [1.82, 2.24) is 4.72 Å². The second kappa shape index (κ2) is 5.68. The Kier molecular flexibility index (Phi) is 4.86. The van der Waals surface area contributed by atoms with Gasteiger partial charge in [0.05, 0.1) is 5.60 Å². The minimum Gasteiger partial charge on any atom is -0.443 e. The molecule has 108 valence electrons. The van der Waals surface area contributed by atoms with Gasteiger partial charge in [0.1, 0.15) is 15.6 Å². The predicted octanol–water partition coefficient (Wildman–Crippen LogP) is 3.65. The summed E-state index contributed by atoms with van der Waals surface area (Å²) in [6.45, 7) is 8.39. The van der Waals surface area contributed by atoms with E-state index in [-0.39, 0.29) is 4.21 Å². The molecule has 0 saturated carbocycles. The minimum absolute atomic E-state index is 0.281. The highest BCUT2D eigenvalue weighted by atomic mass is 32.2. The maximum atomic E-state index is 13.6. The average molecular weight is 307 g/mol. The summed E-state index contributed by atoms with van der Waals surface area (Å²) in [4.78, 5) is 11.9. The van der Waals surface area contributed by atoms with E-state index in [0.29, 0.717) is 4.88 Å². The van der Waals surface area contributed by atoms with Crippen molar-refractivity contribution < 1.29 is 19.0 Å². The maximum Gasteiger partial charge on any atom is 0.418 e. The Hall–Kier alpha value is -0.790. The fourth-order valence-electron chi connectivity index (χ4n) is 1.11. The number of carbonyl (C=O) groups excluding carboxylic acids is 1. The molecule has 1 aromatic rings. The summed E-state index contributed by atoms with van der Waals surface area (Å²) in [6, 6.07) is 1.27. The highest BCUT2D eigenvalue weighted by molar-refractivity contribution is 7.99. The van der Waals surface area contributed by atoms with Crippen LogP contribution in [0, 0.1) is 5.82 Å². The topological polar surface area (TPSA) is 58.6 Å². The van der Waals surface area contributed by atoms with Crippen LogP contribution in [-0.2, 0) is 10.3 Å². The van der Waals surface area contributed by atoms with E-state index in [1.165, 1.54) is 6.07 Å². The first-order valence-electron chi connectivity index (χ1n) is 5.67. The molecule has 0 atom stereocenters. The molecule has 1 aromatic heterocycles. The van der Waals surface area contributed by atoms with Gasteiger partial charge in [-0.3, -0.25) is 4.72 Å². The molecule has 4 nitrogen and oxygen atoms in total. The fourth-order valence-corrected chi connectivity index (χ4v) is 2.81. The number of hydrogen-bond donors (Lipinski definition) is 2. The van der Waals surface area contributed by atoms with Crippen molar-refractivity contribution in [2.75, 3.05) is 0 Å². The Balaban J connectivity index is 2.64. The summed E-state index contributed by atoms with van der Waals surface area (Å²) in [6.07, 6.45) is -0.630. The first-order valence-corrected chi connectivity index (χ1v) is 7.30. The number of carbonyl (C=O) groups is 1. The molecule has 0 aromatic carbocycles. The van der Waals surface area contributed by atoms with Gasteiger partial charge in [-0.05, 0) is 40.7 Å². The van der Waals surface area contributed by atoms with E-state index in [2.05, 4.69) is 4.72 Å². The zero-order valence-electron chi connectivity index (χ0n) is 11.5. The number of rotatable bonds is 3. The lowest BCUT2D eigenvalue weighted by Crippen LogP contribution is -2.29. The summed E-state index contributed by atoms with van der Waals surface area (Å²) < 4.78 is 21.3. The third-order valence-corrected chi connectivity index (χ3v) is 4.25. The molecule has 0 aliphatic rings. The Morgan fingerprint density at radius 3 is 2.42 bits per heavy atom. The van der Waals surface area contributed by atoms with Gasteiger partial charge >= 0.3 is 6.09 Å². The summed E-state index contributed by atoms with van der Waals surface area (Å²) >= 11 is 1.93. The predicted molar refractivity (Wildman–Crippen MR) is 74.7 cm³/mol. The SMILES string of the molecule is CC(C)(C)OC(=O)NSc1sc(C(C)(C)O)cc1F. The van der Waals surface area contributed by atoms with Crippen molar-refractivity contribution in [2.45, 2.75) is 50.0 Å². The van der Waals surface area contributed by atoms with Gasteiger partial charge in [-0.1, -0.05) is 0 Å². The molecular formula is C12H18FNO3S2. The van der Waals surface area contributed by atoms with Crippen molar-refractivity contribution in [1.29, 1.82) is 0 Å². The van der Waals surface area contributed by atoms with Crippen molar-refractivity contribution in [3.63, 3.8) is 0 Å². The van der Waals surface area contributed by atoms with Gasteiger partial charge in [0, 0.05) is 16.8 Å². The zero-order valence-corrected chi connectivity index (χ0v) is 13.2. The van der Waals surface area contributed by atoms with E-state index in [4.69, 9.17) is 4.74 Å². The first-order chi connectivity index (χ1) is 8.49. The van der Waals surface area contributed by atoms with Gasteiger partial charge in [-0.25, -0.2) is 9.18 Å². The number of halogens is 1. The number of hydrogen-bond acceptors (Lipinski definition) is 5. The Morgan fingerprint density at radius 1 is 1.42 bits per heavy atom. The van der Waals surface area contributed by atoms with Crippen molar-refractivity contribution in [3.8, 4) is 0 Å². The molecule has 0 spiro atoms. The summed E-state index contributed by atoms with van der Waals surface area (Å²) in [5.74, 6) is -0.469. The van der Waals surface area contributed by atoms with Crippen LogP contribution in [0.15, 0.2) is 10.3 Å². The van der Waals surface area contributed by atoms with Crippen LogP contribution in [0.1, 0.15) is 39.5 Å². The second-order valence-electron chi connectivity index (χ2n) is 5.51. The van der Waals surface area contributed by atoms with Crippen LogP contribution in [0.25, 0.3) is 0 Å². The lowest BCUT2D eigenvalue weighted by molar-refractivity contribution is 0.0574. The zero-order chi connectivity index (χ0) is 14.8. The highest BCUT2D eigenvalue weighted by Gasteiger charge is 2.23. The van der Waals surface area contributed by atoms with Crippen LogP contribution in [0.5, 0.6) is 0 Å².